The summed E-state index contributed by atoms with van der Waals surface area (Å²) in [5.74, 6) is -0.356. The standard InChI is InChI=1S/C18H18N2O4/c21-17(22)11-24-15-7-5-12(6-8-15)18(23)20-16-9-13-3-1-2-4-14(13)10-19-16/h5-10H,1-4,11H2,(H,21,22)(H,19,20,23). The van der Waals surface area contributed by atoms with Crippen molar-refractivity contribution in [2.45, 2.75) is 25.7 Å². The Morgan fingerprint density at radius 2 is 1.83 bits per heavy atom. The highest BCUT2D eigenvalue weighted by atomic mass is 16.5. The molecule has 0 aliphatic heterocycles. The van der Waals surface area contributed by atoms with Crippen LogP contribution in [0.5, 0.6) is 5.75 Å². The summed E-state index contributed by atoms with van der Waals surface area (Å²) in [6.07, 6.45) is 6.27. The summed E-state index contributed by atoms with van der Waals surface area (Å²) in [5, 5.41) is 11.4. The van der Waals surface area contributed by atoms with Crippen LogP contribution in [0.15, 0.2) is 36.5 Å². The van der Waals surface area contributed by atoms with Crippen LogP contribution in [0.2, 0.25) is 0 Å². The van der Waals surface area contributed by atoms with Gasteiger partial charge in [-0.05, 0) is 67.1 Å². The summed E-state index contributed by atoms with van der Waals surface area (Å²) < 4.78 is 5.04. The van der Waals surface area contributed by atoms with Crippen LogP contribution < -0.4 is 10.1 Å². The lowest BCUT2D eigenvalue weighted by Gasteiger charge is -2.16. The van der Waals surface area contributed by atoms with Gasteiger partial charge in [-0.2, -0.15) is 0 Å². The van der Waals surface area contributed by atoms with Gasteiger partial charge in [0.2, 0.25) is 0 Å². The fourth-order valence-corrected chi connectivity index (χ4v) is 2.72. The van der Waals surface area contributed by atoms with Crippen LogP contribution in [0.1, 0.15) is 34.3 Å². The first-order valence-corrected chi connectivity index (χ1v) is 7.85. The highest BCUT2D eigenvalue weighted by Crippen LogP contribution is 2.22. The summed E-state index contributed by atoms with van der Waals surface area (Å²) in [6.45, 7) is -0.412. The molecule has 0 spiro atoms. The van der Waals surface area contributed by atoms with Crippen molar-refractivity contribution in [3.63, 3.8) is 0 Å². The van der Waals surface area contributed by atoms with Gasteiger partial charge in [-0.3, -0.25) is 4.79 Å². The summed E-state index contributed by atoms with van der Waals surface area (Å²) >= 11 is 0. The molecule has 24 heavy (non-hydrogen) atoms. The minimum Gasteiger partial charge on any atom is -0.482 e. The quantitative estimate of drug-likeness (QED) is 0.882. The van der Waals surface area contributed by atoms with Crippen molar-refractivity contribution in [3.05, 3.63) is 53.2 Å². The molecule has 1 aromatic carbocycles. The van der Waals surface area contributed by atoms with Crippen molar-refractivity contribution in [3.8, 4) is 5.75 Å². The third-order valence-corrected chi connectivity index (χ3v) is 3.95. The zero-order chi connectivity index (χ0) is 16.9. The van der Waals surface area contributed by atoms with Crippen molar-refractivity contribution in [2.24, 2.45) is 0 Å². The van der Waals surface area contributed by atoms with E-state index in [0.29, 0.717) is 17.1 Å². The number of carboxylic acids is 1. The number of aliphatic carboxylic acids is 1. The molecule has 6 nitrogen and oxygen atoms in total. The molecule has 0 bridgehead atoms. The normalized spacial score (nSPS) is 13.0. The van der Waals surface area contributed by atoms with Crippen molar-refractivity contribution >= 4 is 17.7 Å². The third kappa shape index (κ3) is 3.90. The average molecular weight is 326 g/mol. The molecule has 1 amide bonds. The molecule has 0 saturated carbocycles. The van der Waals surface area contributed by atoms with Gasteiger partial charge < -0.3 is 15.2 Å². The number of fused-ring (bicyclic) bond motifs is 1. The van der Waals surface area contributed by atoms with Gasteiger partial charge in [0.1, 0.15) is 11.6 Å². The molecule has 0 unspecified atom stereocenters. The Morgan fingerprint density at radius 1 is 1.12 bits per heavy atom. The molecule has 1 aliphatic rings. The molecule has 124 valence electrons. The number of carboxylic acid groups (broad SMARTS) is 1. The predicted octanol–water partition coefficient (Wildman–Crippen LogP) is 2.68. The number of anilines is 1. The summed E-state index contributed by atoms with van der Waals surface area (Å²) in [7, 11) is 0. The number of amides is 1. The van der Waals surface area contributed by atoms with E-state index in [1.807, 2.05) is 12.3 Å². The first-order chi connectivity index (χ1) is 11.6. The number of benzene rings is 1. The van der Waals surface area contributed by atoms with Crippen molar-refractivity contribution < 1.29 is 19.4 Å². The molecule has 2 aromatic rings. The second-order valence-electron chi connectivity index (χ2n) is 5.71. The molecule has 0 fully saturated rings. The van der Waals surface area contributed by atoms with E-state index < -0.39 is 12.6 Å². The number of pyridine rings is 1. The minimum atomic E-state index is -1.05. The Labute approximate surface area is 139 Å². The van der Waals surface area contributed by atoms with Gasteiger partial charge in [0.05, 0.1) is 0 Å². The second-order valence-corrected chi connectivity index (χ2v) is 5.71. The molecular weight excluding hydrogens is 308 g/mol. The molecule has 1 aromatic heterocycles. The number of aromatic nitrogens is 1. The summed E-state index contributed by atoms with van der Waals surface area (Å²) in [4.78, 5) is 27.0. The number of nitrogens with one attached hydrogen (secondary N) is 1. The topological polar surface area (TPSA) is 88.5 Å². The van der Waals surface area contributed by atoms with E-state index in [9.17, 15) is 9.59 Å². The lowest BCUT2D eigenvalue weighted by molar-refractivity contribution is -0.139. The molecular formula is C18H18N2O4. The van der Waals surface area contributed by atoms with Crippen LogP contribution >= 0.6 is 0 Å². The van der Waals surface area contributed by atoms with Crippen LogP contribution in [0.4, 0.5) is 5.82 Å². The lowest BCUT2D eigenvalue weighted by Crippen LogP contribution is -2.14. The van der Waals surface area contributed by atoms with E-state index in [2.05, 4.69) is 10.3 Å². The summed E-state index contributed by atoms with van der Waals surface area (Å²) in [5.41, 5.74) is 2.97. The molecule has 1 aliphatic carbocycles. The number of ether oxygens (including phenoxy) is 1. The largest absolute Gasteiger partial charge is 0.482 e. The Hall–Kier alpha value is -2.89. The average Bonchev–Trinajstić information content (AvgIpc) is 2.60. The molecule has 6 heteroatoms. The number of hydrogen-bond acceptors (Lipinski definition) is 4. The van der Waals surface area contributed by atoms with Crippen LogP contribution in [-0.2, 0) is 17.6 Å². The fraction of sp³-hybridized carbons (Fsp3) is 0.278. The number of nitrogens with zero attached hydrogens (tertiary/aromatic N) is 1. The molecule has 0 atom stereocenters. The fourth-order valence-electron chi connectivity index (χ4n) is 2.72. The van der Waals surface area contributed by atoms with Gasteiger partial charge in [-0.15, -0.1) is 0 Å². The van der Waals surface area contributed by atoms with Gasteiger partial charge in [0.15, 0.2) is 6.61 Å². The second kappa shape index (κ2) is 7.12. The number of aryl methyl sites for hydroxylation is 2. The van der Waals surface area contributed by atoms with E-state index in [1.165, 1.54) is 24.0 Å². The lowest BCUT2D eigenvalue weighted by atomic mass is 9.93. The van der Waals surface area contributed by atoms with E-state index in [-0.39, 0.29) is 5.91 Å². The Bertz CT molecular complexity index is 756. The van der Waals surface area contributed by atoms with Crippen LogP contribution in [0.3, 0.4) is 0 Å². The van der Waals surface area contributed by atoms with Crippen molar-refractivity contribution in [1.29, 1.82) is 0 Å². The van der Waals surface area contributed by atoms with Crippen LogP contribution in [-0.4, -0.2) is 28.6 Å². The van der Waals surface area contributed by atoms with E-state index in [4.69, 9.17) is 9.84 Å². The molecule has 2 N–H and O–H groups in total. The number of hydrogen-bond donors (Lipinski definition) is 2. The maximum absolute atomic E-state index is 12.3. The minimum absolute atomic E-state index is 0.261. The van der Waals surface area contributed by atoms with Gasteiger partial charge in [0, 0.05) is 11.8 Å². The van der Waals surface area contributed by atoms with Crippen LogP contribution in [0.25, 0.3) is 0 Å². The molecule has 0 saturated heterocycles. The Morgan fingerprint density at radius 3 is 2.54 bits per heavy atom. The molecule has 1 heterocycles. The maximum Gasteiger partial charge on any atom is 0.341 e. The van der Waals surface area contributed by atoms with E-state index in [0.717, 1.165) is 12.8 Å². The predicted molar refractivity (Wildman–Crippen MR) is 88.4 cm³/mol. The maximum atomic E-state index is 12.3. The Kier molecular flexibility index (Phi) is 4.74. The van der Waals surface area contributed by atoms with E-state index >= 15 is 0 Å². The molecule has 3 rings (SSSR count). The zero-order valence-corrected chi connectivity index (χ0v) is 13.1. The Balaban J connectivity index is 1.65. The first-order valence-electron chi connectivity index (χ1n) is 7.85. The summed E-state index contributed by atoms with van der Waals surface area (Å²) in [6, 6.07) is 8.25. The van der Waals surface area contributed by atoms with Gasteiger partial charge in [0.25, 0.3) is 5.91 Å². The van der Waals surface area contributed by atoms with Crippen molar-refractivity contribution in [1.82, 2.24) is 4.98 Å². The highest BCUT2D eigenvalue weighted by Gasteiger charge is 2.12. The number of carbonyl (C=O) groups is 2. The van der Waals surface area contributed by atoms with Gasteiger partial charge in [-0.25, -0.2) is 9.78 Å². The highest BCUT2D eigenvalue weighted by molar-refractivity contribution is 6.03. The van der Waals surface area contributed by atoms with Crippen molar-refractivity contribution in [2.75, 3.05) is 11.9 Å². The third-order valence-electron chi connectivity index (χ3n) is 3.95. The molecule has 0 radical (unpaired) electrons. The SMILES string of the molecule is O=C(O)COc1ccc(C(=O)Nc2cc3c(cn2)CCCC3)cc1. The first kappa shape index (κ1) is 16.0. The zero-order valence-electron chi connectivity index (χ0n) is 13.1. The monoisotopic (exact) mass is 326 g/mol. The van der Waals surface area contributed by atoms with Gasteiger partial charge >= 0.3 is 5.97 Å². The van der Waals surface area contributed by atoms with Gasteiger partial charge in [-0.1, -0.05) is 0 Å². The smallest absolute Gasteiger partial charge is 0.341 e. The number of carbonyl (C=O) groups excluding carboxylic acids is 1. The van der Waals surface area contributed by atoms with Crippen LogP contribution in [0, 0.1) is 0 Å². The number of rotatable bonds is 5. The van der Waals surface area contributed by atoms with E-state index in [1.54, 1.807) is 24.3 Å².